The van der Waals surface area contributed by atoms with Crippen LogP contribution < -0.4 is 10.1 Å². The summed E-state index contributed by atoms with van der Waals surface area (Å²) in [4.78, 5) is 0. The average Bonchev–Trinajstić information content (AvgIpc) is 2.43. The van der Waals surface area contributed by atoms with E-state index in [1.54, 1.807) is 6.07 Å². The van der Waals surface area contributed by atoms with Crippen molar-refractivity contribution in [3.8, 4) is 5.75 Å². The molecule has 0 radical (unpaired) electrons. The largest absolute Gasteiger partial charge is 0.494 e. The van der Waals surface area contributed by atoms with Crippen molar-refractivity contribution >= 4 is 5.69 Å². The van der Waals surface area contributed by atoms with Gasteiger partial charge in [0.15, 0.2) is 0 Å². The molecule has 19 heavy (non-hydrogen) atoms. The summed E-state index contributed by atoms with van der Waals surface area (Å²) in [5, 5.41) is 3.22. The van der Waals surface area contributed by atoms with Crippen molar-refractivity contribution in [1.82, 2.24) is 0 Å². The van der Waals surface area contributed by atoms with Gasteiger partial charge in [0.2, 0.25) is 0 Å². The first-order chi connectivity index (χ1) is 9.25. The van der Waals surface area contributed by atoms with Crippen LogP contribution in [0.4, 0.5) is 10.1 Å². The Morgan fingerprint density at radius 1 is 1.11 bits per heavy atom. The normalized spacial score (nSPS) is 10.2. The van der Waals surface area contributed by atoms with Gasteiger partial charge in [-0.05, 0) is 43.2 Å². The van der Waals surface area contributed by atoms with E-state index in [4.69, 9.17) is 4.74 Å². The third kappa shape index (κ3) is 4.28. The molecule has 2 rings (SSSR count). The minimum Gasteiger partial charge on any atom is -0.494 e. The molecule has 0 spiro atoms. The van der Waals surface area contributed by atoms with Crippen molar-refractivity contribution in [2.45, 2.75) is 13.3 Å². The zero-order valence-corrected chi connectivity index (χ0v) is 11.0. The quantitative estimate of drug-likeness (QED) is 0.791. The predicted octanol–water partition coefficient (Wildman–Crippen LogP) is 4.02. The number of halogens is 1. The zero-order chi connectivity index (χ0) is 13.5. The summed E-state index contributed by atoms with van der Waals surface area (Å²) in [6.45, 7) is 3.37. The highest BCUT2D eigenvalue weighted by atomic mass is 19.1. The van der Waals surface area contributed by atoms with E-state index in [-0.39, 0.29) is 5.82 Å². The van der Waals surface area contributed by atoms with Gasteiger partial charge in [0.25, 0.3) is 0 Å². The molecule has 0 aliphatic rings. The van der Waals surface area contributed by atoms with Crippen LogP contribution in [0.3, 0.4) is 0 Å². The number of rotatable bonds is 6. The molecule has 0 unspecified atom stereocenters. The second-order valence-corrected chi connectivity index (χ2v) is 4.40. The number of para-hydroxylation sites is 1. The van der Waals surface area contributed by atoms with Crippen LogP contribution in [0.5, 0.6) is 5.75 Å². The number of hydrogen-bond donors (Lipinski definition) is 1. The third-order valence-electron chi connectivity index (χ3n) is 2.85. The van der Waals surface area contributed by atoms with E-state index in [0.717, 1.165) is 30.0 Å². The van der Waals surface area contributed by atoms with Crippen molar-refractivity contribution in [3.05, 3.63) is 59.9 Å². The molecule has 0 aliphatic heterocycles. The Morgan fingerprint density at radius 2 is 1.89 bits per heavy atom. The molecule has 100 valence electrons. The summed E-state index contributed by atoms with van der Waals surface area (Å²) in [6, 6.07) is 14.5. The van der Waals surface area contributed by atoms with E-state index in [0.29, 0.717) is 6.61 Å². The summed E-state index contributed by atoms with van der Waals surface area (Å²) >= 11 is 0. The van der Waals surface area contributed by atoms with Crippen molar-refractivity contribution in [3.63, 3.8) is 0 Å². The van der Waals surface area contributed by atoms with E-state index < -0.39 is 0 Å². The standard InChI is InChI=1S/C16H18FNO/c1-13-8-9-14(17)12-16(13)18-10-5-11-19-15-6-3-2-4-7-15/h2-4,6-9,12,18H,5,10-11H2,1H3. The Balaban J connectivity index is 1.71. The van der Waals surface area contributed by atoms with E-state index in [2.05, 4.69) is 5.32 Å². The lowest BCUT2D eigenvalue weighted by atomic mass is 10.2. The molecule has 0 saturated heterocycles. The predicted molar refractivity (Wildman–Crippen MR) is 76.2 cm³/mol. The molecule has 0 aromatic heterocycles. The van der Waals surface area contributed by atoms with Crippen LogP contribution in [0.1, 0.15) is 12.0 Å². The summed E-state index contributed by atoms with van der Waals surface area (Å²) in [6.07, 6.45) is 0.866. The fraction of sp³-hybridized carbons (Fsp3) is 0.250. The monoisotopic (exact) mass is 259 g/mol. The van der Waals surface area contributed by atoms with Crippen molar-refractivity contribution in [2.75, 3.05) is 18.5 Å². The van der Waals surface area contributed by atoms with E-state index >= 15 is 0 Å². The SMILES string of the molecule is Cc1ccc(F)cc1NCCCOc1ccccc1. The molecule has 2 aromatic rings. The second kappa shape index (κ2) is 6.78. The van der Waals surface area contributed by atoms with Gasteiger partial charge < -0.3 is 10.1 Å². The summed E-state index contributed by atoms with van der Waals surface area (Å²) < 4.78 is 18.7. The molecule has 0 fully saturated rings. The van der Waals surface area contributed by atoms with Crippen LogP contribution in [0, 0.1) is 12.7 Å². The second-order valence-electron chi connectivity index (χ2n) is 4.40. The van der Waals surface area contributed by atoms with Gasteiger partial charge in [-0.2, -0.15) is 0 Å². The molecule has 0 bridgehead atoms. The Kier molecular flexibility index (Phi) is 4.78. The fourth-order valence-electron chi connectivity index (χ4n) is 1.79. The Bertz CT molecular complexity index is 513. The van der Waals surface area contributed by atoms with Gasteiger partial charge in [0, 0.05) is 12.2 Å². The lowest BCUT2D eigenvalue weighted by Crippen LogP contribution is -2.08. The van der Waals surface area contributed by atoms with E-state index in [1.165, 1.54) is 12.1 Å². The highest BCUT2D eigenvalue weighted by Gasteiger charge is 1.99. The van der Waals surface area contributed by atoms with Crippen molar-refractivity contribution in [2.24, 2.45) is 0 Å². The van der Waals surface area contributed by atoms with E-state index in [1.807, 2.05) is 37.3 Å². The van der Waals surface area contributed by atoms with Crippen LogP contribution in [0.2, 0.25) is 0 Å². The lowest BCUT2D eigenvalue weighted by Gasteiger charge is -2.10. The van der Waals surface area contributed by atoms with Gasteiger partial charge >= 0.3 is 0 Å². The van der Waals surface area contributed by atoms with Crippen LogP contribution >= 0.6 is 0 Å². The molecular formula is C16H18FNO. The molecule has 2 nitrogen and oxygen atoms in total. The summed E-state index contributed by atoms with van der Waals surface area (Å²) in [5.41, 5.74) is 1.89. The minimum atomic E-state index is -0.214. The minimum absolute atomic E-state index is 0.214. The molecule has 1 N–H and O–H groups in total. The molecule has 0 aliphatic carbocycles. The number of ether oxygens (including phenoxy) is 1. The topological polar surface area (TPSA) is 21.3 Å². The highest BCUT2D eigenvalue weighted by Crippen LogP contribution is 2.15. The zero-order valence-electron chi connectivity index (χ0n) is 11.0. The van der Waals surface area contributed by atoms with Gasteiger partial charge in [0.05, 0.1) is 6.61 Å². The first-order valence-electron chi connectivity index (χ1n) is 6.43. The molecule has 0 amide bonds. The molecular weight excluding hydrogens is 241 g/mol. The Morgan fingerprint density at radius 3 is 2.68 bits per heavy atom. The molecule has 0 saturated carbocycles. The summed E-state index contributed by atoms with van der Waals surface area (Å²) in [7, 11) is 0. The van der Waals surface area contributed by atoms with Gasteiger partial charge in [-0.3, -0.25) is 0 Å². The molecule has 3 heteroatoms. The maximum atomic E-state index is 13.1. The lowest BCUT2D eigenvalue weighted by molar-refractivity contribution is 0.315. The van der Waals surface area contributed by atoms with E-state index in [9.17, 15) is 4.39 Å². The first-order valence-corrected chi connectivity index (χ1v) is 6.43. The maximum Gasteiger partial charge on any atom is 0.125 e. The highest BCUT2D eigenvalue weighted by molar-refractivity contribution is 5.50. The van der Waals surface area contributed by atoms with Crippen LogP contribution in [0.25, 0.3) is 0 Å². The molecule has 0 atom stereocenters. The maximum absolute atomic E-state index is 13.1. The number of benzene rings is 2. The van der Waals surface area contributed by atoms with Crippen molar-refractivity contribution in [1.29, 1.82) is 0 Å². The number of nitrogens with one attached hydrogen (secondary N) is 1. The van der Waals surface area contributed by atoms with Crippen molar-refractivity contribution < 1.29 is 9.13 Å². The first kappa shape index (κ1) is 13.4. The van der Waals surface area contributed by atoms with Gasteiger partial charge in [-0.15, -0.1) is 0 Å². The smallest absolute Gasteiger partial charge is 0.125 e. The summed E-state index contributed by atoms with van der Waals surface area (Å²) in [5.74, 6) is 0.665. The van der Waals surface area contributed by atoms with Crippen LogP contribution in [-0.2, 0) is 0 Å². The third-order valence-corrected chi connectivity index (χ3v) is 2.85. The molecule has 0 heterocycles. The number of anilines is 1. The Hall–Kier alpha value is -2.03. The fourth-order valence-corrected chi connectivity index (χ4v) is 1.79. The van der Waals surface area contributed by atoms with Gasteiger partial charge in [0.1, 0.15) is 11.6 Å². The molecule has 2 aromatic carbocycles. The number of hydrogen-bond acceptors (Lipinski definition) is 2. The average molecular weight is 259 g/mol. The van der Waals surface area contributed by atoms with Crippen LogP contribution in [-0.4, -0.2) is 13.2 Å². The Labute approximate surface area is 113 Å². The number of aryl methyl sites for hydroxylation is 1. The van der Waals surface area contributed by atoms with Gasteiger partial charge in [-0.1, -0.05) is 24.3 Å². The van der Waals surface area contributed by atoms with Gasteiger partial charge in [-0.25, -0.2) is 4.39 Å². The van der Waals surface area contributed by atoms with Crippen LogP contribution in [0.15, 0.2) is 48.5 Å².